The molecule has 2 aromatic rings. The number of nitrogens with zero attached hydrogens (tertiary/aromatic N) is 1. The Labute approximate surface area is 117 Å². The van der Waals surface area contributed by atoms with Crippen molar-refractivity contribution < 1.29 is 18.3 Å². The second kappa shape index (κ2) is 5.51. The molecule has 9 heteroatoms. The Morgan fingerprint density at radius 3 is 2.89 bits per heavy atom. The Balaban J connectivity index is 2.15. The minimum Gasteiger partial charge on any atom is -0.478 e. The predicted octanol–water partition coefficient (Wildman–Crippen LogP) is 2.10. The second-order valence-electron chi connectivity index (χ2n) is 3.28. The lowest BCUT2D eigenvalue weighted by molar-refractivity contribution is -0.131. The molecule has 2 heterocycles. The molecule has 0 fully saturated rings. The van der Waals surface area contributed by atoms with Crippen LogP contribution in [0, 0.1) is 0 Å². The van der Waals surface area contributed by atoms with Gasteiger partial charge in [0, 0.05) is 17.2 Å². The van der Waals surface area contributed by atoms with Gasteiger partial charge in [-0.2, -0.15) is 0 Å². The van der Waals surface area contributed by atoms with Crippen molar-refractivity contribution in [2.45, 2.75) is 4.21 Å². The van der Waals surface area contributed by atoms with Crippen molar-refractivity contribution in [3.8, 4) is 0 Å². The lowest BCUT2D eigenvalue weighted by Gasteiger charge is -2.00. The first-order valence-corrected chi connectivity index (χ1v) is 8.08. The van der Waals surface area contributed by atoms with Crippen molar-refractivity contribution in [1.82, 2.24) is 4.98 Å². The van der Waals surface area contributed by atoms with Crippen LogP contribution in [0.2, 0.25) is 0 Å². The number of carboxylic acid groups (broad SMARTS) is 1. The summed E-state index contributed by atoms with van der Waals surface area (Å²) in [4.78, 5) is 14.8. The molecule has 2 rings (SSSR count). The van der Waals surface area contributed by atoms with E-state index < -0.39 is 16.0 Å². The lowest BCUT2D eigenvalue weighted by Crippen LogP contribution is -2.10. The fourth-order valence-corrected chi connectivity index (χ4v) is 4.10. The zero-order valence-electron chi connectivity index (χ0n) is 9.31. The van der Waals surface area contributed by atoms with Gasteiger partial charge in [-0.05, 0) is 17.5 Å². The Morgan fingerprint density at radius 1 is 1.47 bits per heavy atom. The summed E-state index contributed by atoms with van der Waals surface area (Å²) in [6.07, 6.45) is 3.71. The van der Waals surface area contributed by atoms with Gasteiger partial charge in [-0.25, -0.2) is 18.2 Å². The van der Waals surface area contributed by atoms with Crippen LogP contribution in [0.1, 0.15) is 4.88 Å². The molecule has 19 heavy (non-hydrogen) atoms. The van der Waals surface area contributed by atoms with Crippen LogP contribution >= 0.6 is 22.7 Å². The summed E-state index contributed by atoms with van der Waals surface area (Å²) >= 11 is 2.16. The molecule has 6 nitrogen and oxygen atoms in total. The van der Waals surface area contributed by atoms with Crippen LogP contribution in [0.25, 0.3) is 6.08 Å². The molecule has 0 saturated carbocycles. The number of hydrogen-bond acceptors (Lipinski definition) is 6. The molecule has 0 saturated heterocycles. The van der Waals surface area contributed by atoms with Crippen molar-refractivity contribution >= 4 is 49.9 Å². The minimum absolute atomic E-state index is 0.193. The molecule has 0 unspecified atom stereocenters. The third-order valence-electron chi connectivity index (χ3n) is 1.90. The molecule has 2 N–H and O–H groups in total. The molecule has 0 aliphatic heterocycles. The van der Waals surface area contributed by atoms with E-state index in [4.69, 9.17) is 5.11 Å². The normalized spacial score (nSPS) is 11.8. The van der Waals surface area contributed by atoms with Gasteiger partial charge in [0.15, 0.2) is 5.13 Å². The third kappa shape index (κ3) is 3.63. The fraction of sp³-hybridized carbons (Fsp3) is 0. The largest absolute Gasteiger partial charge is 0.478 e. The SMILES string of the molecule is O=C(O)/C=C/c1cnc(NS(=O)(=O)c2cccs2)s1. The number of aliphatic carboxylic acids is 1. The predicted molar refractivity (Wildman–Crippen MR) is 73.9 cm³/mol. The maximum atomic E-state index is 11.9. The second-order valence-corrected chi connectivity index (χ2v) is 7.20. The van der Waals surface area contributed by atoms with Crippen LogP contribution in [-0.2, 0) is 14.8 Å². The van der Waals surface area contributed by atoms with Gasteiger partial charge in [0.25, 0.3) is 10.0 Å². The summed E-state index contributed by atoms with van der Waals surface area (Å²) in [6, 6.07) is 3.13. The van der Waals surface area contributed by atoms with Crippen LogP contribution in [0.4, 0.5) is 5.13 Å². The van der Waals surface area contributed by atoms with Crippen LogP contribution in [0.3, 0.4) is 0 Å². The van der Waals surface area contributed by atoms with Crippen LogP contribution in [0.5, 0.6) is 0 Å². The third-order valence-corrected chi connectivity index (χ3v) is 5.64. The maximum absolute atomic E-state index is 11.9. The molecule has 2 aromatic heterocycles. The van der Waals surface area contributed by atoms with E-state index in [0.717, 1.165) is 28.7 Å². The molecule has 100 valence electrons. The van der Waals surface area contributed by atoms with Crippen LogP contribution in [-0.4, -0.2) is 24.5 Å². The van der Waals surface area contributed by atoms with Gasteiger partial charge in [0.05, 0.1) is 0 Å². The van der Waals surface area contributed by atoms with E-state index in [1.807, 2.05) is 0 Å². The van der Waals surface area contributed by atoms with Gasteiger partial charge in [0.2, 0.25) is 0 Å². The van der Waals surface area contributed by atoms with E-state index >= 15 is 0 Å². The summed E-state index contributed by atoms with van der Waals surface area (Å²) in [7, 11) is -3.61. The highest BCUT2D eigenvalue weighted by atomic mass is 32.2. The number of thiazole rings is 1. The van der Waals surface area contributed by atoms with Gasteiger partial charge in [0.1, 0.15) is 4.21 Å². The van der Waals surface area contributed by atoms with E-state index in [0.29, 0.717) is 4.88 Å². The first-order valence-electron chi connectivity index (χ1n) is 4.90. The van der Waals surface area contributed by atoms with Gasteiger partial charge >= 0.3 is 5.97 Å². The smallest absolute Gasteiger partial charge is 0.328 e. The zero-order chi connectivity index (χ0) is 13.9. The highest BCUT2D eigenvalue weighted by molar-refractivity contribution is 7.94. The van der Waals surface area contributed by atoms with E-state index in [-0.39, 0.29) is 9.34 Å². The number of rotatable bonds is 5. The number of aromatic nitrogens is 1. The molecular weight excluding hydrogens is 308 g/mol. The number of carbonyl (C=O) groups is 1. The van der Waals surface area contributed by atoms with Crippen molar-refractivity contribution in [2.24, 2.45) is 0 Å². The van der Waals surface area contributed by atoms with Crippen molar-refractivity contribution in [1.29, 1.82) is 0 Å². The van der Waals surface area contributed by atoms with Crippen molar-refractivity contribution in [3.05, 3.63) is 34.7 Å². The molecular formula is C10H8N2O4S3. The number of sulfonamides is 1. The van der Waals surface area contributed by atoms with E-state index in [2.05, 4.69) is 9.71 Å². The number of carboxylic acids is 1. The summed E-state index contributed by atoms with van der Waals surface area (Å²) in [5, 5.41) is 10.3. The van der Waals surface area contributed by atoms with Crippen molar-refractivity contribution in [3.63, 3.8) is 0 Å². The fourth-order valence-electron chi connectivity index (χ4n) is 1.15. The molecule has 0 radical (unpaired) electrons. The molecule has 0 aromatic carbocycles. The van der Waals surface area contributed by atoms with E-state index in [1.54, 1.807) is 11.4 Å². The standard InChI is InChI=1S/C10H8N2O4S3/c13-8(14)4-3-7-6-11-10(18-7)12-19(15,16)9-2-1-5-17-9/h1-6H,(H,11,12)(H,13,14)/b4-3+. The zero-order valence-corrected chi connectivity index (χ0v) is 11.8. The molecule has 0 aliphatic carbocycles. The molecule has 0 bridgehead atoms. The van der Waals surface area contributed by atoms with Crippen molar-refractivity contribution in [2.75, 3.05) is 4.72 Å². The van der Waals surface area contributed by atoms with Gasteiger partial charge in [-0.1, -0.05) is 17.4 Å². The quantitative estimate of drug-likeness (QED) is 0.823. The number of hydrogen-bond donors (Lipinski definition) is 2. The minimum atomic E-state index is -3.61. The first kappa shape index (κ1) is 13.7. The maximum Gasteiger partial charge on any atom is 0.328 e. The topological polar surface area (TPSA) is 96.4 Å². The average Bonchev–Trinajstić information content (AvgIpc) is 2.96. The Hall–Kier alpha value is -1.71. The molecule has 0 atom stereocenters. The lowest BCUT2D eigenvalue weighted by atomic mass is 10.4. The van der Waals surface area contributed by atoms with Gasteiger partial charge < -0.3 is 5.11 Å². The summed E-state index contributed by atoms with van der Waals surface area (Å²) in [5.41, 5.74) is 0. The number of nitrogens with one attached hydrogen (secondary N) is 1. The van der Waals surface area contributed by atoms with E-state index in [1.165, 1.54) is 18.3 Å². The highest BCUT2D eigenvalue weighted by Gasteiger charge is 2.16. The Kier molecular flexibility index (Phi) is 3.98. The monoisotopic (exact) mass is 316 g/mol. The highest BCUT2D eigenvalue weighted by Crippen LogP contribution is 2.24. The van der Waals surface area contributed by atoms with Gasteiger partial charge in [-0.15, -0.1) is 11.3 Å². The summed E-state index contributed by atoms with van der Waals surface area (Å²) < 4.78 is 26.3. The molecule has 0 spiro atoms. The summed E-state index contributed by atoms with van der Waals surface area (Å²) in [5.74, 6) is -1.07. The summed E-state index contributed by atoms with van der Waals surface area (Å²) in [6.45, 7) is 0. The first-order chi connectivity index (χ1) is 8.97. The molecule has 0 aliphatic rings. The molecule has 0 amide bonds. The van der Waals surface area contributed by atoms with E-state index in [9.17, 15) is 13.2 Å². The van der Waals surface area contributed by atoms with Crippen LogP contribution in [0.15, 0.2) is 34.0 Å². The average molecular weight is 316 g/mol. The van der Waals surface area contributed by atoms with Gasteiger partial charge in [-0.3, -0.25) is 4.72 Å². The Morgan fingerprint density at radius 2 is 2.26 bits per heavy atom. The van der Waals surface area contributed by atoms with Crippen LogP contribution < -0.4 is 4.72 Å². The Bertz CT molecular complexity index is 701. The number of thiophene rings is 1. The number of anilines is 1.